The summed E-state index contributed by atoms with van der Waals surface area (Å²) in [6.45, 7) is 5.89. The Labute approximate surface area is 252 Å². The quantitative estimate of drug-likeness (QED) is 0.180. The second-order valence-corrected chi connectivity index (χ2v) is 12.5. The van der Waals surface area contributed by atoms with Gasteiger partial charge in [-0.2, -0.15) is 0 Å². The van der Waals surface area contributed by atoms with Gasteiger partial charge in [-0.1, -0.05) is 78.9 Å². The third-order valence-electron chi connectivity index (χ3n) is 8.31. The van der Waals surface area contributed by atoms with Crippen LogP contribution >= 0.6 is 0 Å². The Bertz CT molecular complexity index is 1700. The number of carbonyl (C=O) groups is 2. The first-order chi connectivity index (χ1) is 20.7. The molecular weight excluding hydrogens is 536 g/mol. The van der Waals surface area contributed by atoms with Gasteiger partial charge in [0.2, 0.25) is 5.91 Å². The van der Waals surface area contributed by atoms with Crippen molar-refractivity contribution in [1.82, 2.24) is 10.6 Å². The van der Waals surface area contributed by atoms with Gasteiger partial charge in [-0.05, 0) is 79.1 Å². The van der Waals surface area contributed by atoms with Crippen molar-refractivity contribution in [3.05, 3.63) is 113 Å². The van der Waals surface area contributed by atoms with Gasteiger partial charge in [-0.25, -0.2) is 4.79 Å². The number of hydrogen-bond donors (Lipinski definition) is 3. The van der Waals surface area contributed by atoms with Crippen LogP contribution in [0.5, 0.6) is 0 Å². The molecule has 0 spiro atoms. The molecular formula is C36H38N4O3. The first-order valence-electron chi connectivity index (χ1n) is 15.0. The van der Waals surface area contributed by atoms with E-state index in [2.05, 4.69) is 64.1 Å². The van der Waals surface area contributed by atoms with Gasteiger partial charge < -0.3 is 15.0 Å². The van der Waals surface area contributed by atoms with Crippen LogP contribution in [-0.2, 0) is 28.9 Å². The summed E-state index contributed by atoms with van der Waals surface area (Å²) in [4.78, 5) is 28.6. The van der Waals surface area contributed by atoms with Gasteiger partial charge in [0.15, 0.2) is 0 Å². The normalized spacial score (nSPS) is 17.6. The van der Waals surface area contributed by atoms with Gasteiger partial charge in [0.05, 0.1) is 6.04 Å². The van der Waals surface area contributed by atoms with Crippen LogP contribution in [-0.4, -0.2) is 29.5 Å². The first kappa shape index (κ1) is 28.5. The van der Waals surface area contributed by atoms with Crippen LogP contribution in [0.4, 0.5) is 10.5 Å². The van der Waals surface area contributed by atoms with Gasteiger partial charge >= 0.3 is 6.09 Å². The van der Waals surface area contributed by atoms with E-state index in [0.717, 1.165) is 46.8 Å². The molecule has 0 saturated carbocycles. The van der Waals surface area contributed by atoms with E-state index in [-0.39, 0.29) is 17.8 Å². The smallest absolute Gasteiger partial charge is 0.413 e. The number of amidine groups is 1. The summed E-state index contributed by atoms with van der Waals surface area (Å²) >= 11 is 0. The van der Waals surface area contributed by atoms with Crippen LogP contribution in [0, 0.1) is 5.41 Å². The zero-order chi connectivity index (χ0) is 30.1. The number of anilines is 1. The van der Waals surface area contributed by atoms with Crippen molar-refractivity contribution in [2.75, 3.05) is 4.90 Å². The number of nitrogens with zero attached hydrogens (tertiary/aromatic N) is 1. The van der Waals surface area contributed by atoms with E-state index in [0.29, 0.717) is 18.5 Å². The van der Waals surface area contributed by atoms with E-state index in [1.807, 2.05) is 36.4 Å². The summed E-state index contributed by atoms with van der Waals surface area (Å²) in [5, 5.41) is 16.8. The Kier molecular flexibility index (Phi) is 7.65. The average molecular weight is 575 g/mol. The van der Waals surface area contributed by atoms with Crippen LogP contribution in [0.15, 0.2) is 84.9 Å². The maximum absolute atomic E-state index is 14.1. The van der Waals surface area contributed by atoms with Crippen LogP contribution in [0.3, 0.4) is 0 Å². The van der Waals surface area contributed by atoms with Crippen molar-refractivity contribution in [2.24, 2.45) is 0 Å². The second kappa shape index (κ2) is 11.6. The van der Waals surface area contributed by atoms with E-state index < -0.39 is 17.7 Å². The SMILES string of the molecule is CC(C)(C)OC(=O)NC(=N)c1ccc2c(c1)N(Cc1cccc3ccccc13)C(C(=O)N[C@H]1CCCc3ccccc31)C2. The van der Waals surface area contributed by atoms with E-state index in [4.69, 9.17) is 10.1 Å². The molecule has 1 aliphatic heterocycles. The molecule has 0 radical (unpaired) electrons. The number of fused-ring (bicyclic) bond motifs is 3. The Morgan fingerprint density at radius 3 is 2.56 bits per heavy atom. The van der Waals surface area contributed by atoms with Crippen molar-refractivity contribution in [2.45, 2.75) is 70.7 Å². The molecule has 6 rings (SSSR count). The van der Waals surface area contributed by atoms with Crippen LogP contribution in [0.2, 0.25) is 0 Å². The number of alkyl carbamates (subject to hydrolysis) is 1. The zero-order valence-electron chi connectivity index (χ0n) is 24.9. The third kappa shape index (κ3) is 6.12. The number of carbonyl (C=O) groups excluding carboxylic acids is 2. The largest absolute Gasteiger partial charge is 0.444 e. The molecule has 4 aromatic carbocycles. The number of rotatable bonds is 5. The summed E-state index contributed by atoms with van der Waals surface area (Å²) in [6.07, 6.45) is 2.89. The summed E-state index contributed by atoms with van der Waals surface area (Å²) in [6, 6.07) is 28.2. The number of aryl methyl sites for hydroxylation is 1. The number of amides is 2. The van der Waals surface area contributed by atoms with Gasteiger partial charge in [0, 0.05) is 24.2 Å². The van der Waals surface area contributed by atoms with Crippen LogP contribution < -0.4 is 15.5 Å². The average Bonchev–Trinajstić information content (AvgIpc) is 3.34. The van der Waals surface area contributed by atoms with E-state index >= 15 is 0 Å². The monoisotopic (exact) mass is 574 g/mol. The van der Waals surface area contributed by atoms with Crippen molar-refractivity contribution < 1.29 is 14.3 Å². The lowest BCUT2D eigenvalue weighted by Gasteiger charge is -2.31. The van der Waals surface area contributed by atoms with Gasteiger partial charge in [-0.15, -0.1) is 0 Å². The van der Waals surface area contributed by atoms with Crippen LogP contribution in [0.1, 0.15) is 67.5 Å². The van der Waals surface area contributed by atoms with E-state index in [1.165, 1.54) is 11.1 Å². The van der Waals surface area contributed by atoms with Crippen molar-refractivity contribution in [3.63, 3.8) is 0 Å². The molecule has 0 bridgehead atoms. The number of ether oxygens (including phenoxy) is 1. The highest BCUT2D eigenvalue weighted by Gasteiger charge is 2.36. The minimum Gasteiger partial charge on any atom is -0.444 e. The molecule has 1 unspecified atom stereocenters. The standard InChI is InChI=1S/C36H38N4O3/c1-36(2,3)43-35(42)39-33(37)26-19-18-25-20-32(34(41)38-30-17-9-13-24-11-5-7-16-29(24)30)40(31(25)21-26)22-27-14-8-12-23-10-4-6-15-28(23)27/h4-8,10-12,14-16,18-19,21,30,32H,9,13,17,20,22H2,1-3H3,(H,38,41)(H2,37,39,42)/t30-,32?/m0/s1. The van der Waals surface area contributed by atoms with E-state index in [1.54, 1.807) is 20.8 Å². The molecule has 1 aliphatic carbocycles. The zero-order valence-corrected chi connectivity index (χ0v) is 24.9. The number of hydrogen-bond acceptors (Lipinski definition) is 5. The summed E-state index contributed by atoms with van der Waals surface area (Å²) in [5.41, 5.74) is 5.46. The number of nitrogens with one attached hydrogen (secondary N) is 3. The molecule has 7 heteroatoms. The molecule has 3 N–H and O–H groups in total. The Morgan fingerprint density at radius 1 is 0.953 bits per heavy atom. The topological polar surface area (TPSA) is 94.5 Å². The molecule has 4 aromatic rings. The summed E-state index contributed by atoms with van der Waals surface area (Å²) in [5.74, 6) is -0.0458. The van der Waals surface area contributed by atoms with Gasteiger partial charge in [-0.3, -0.25) is 15.5 Å². The molecule has 43 heavy (non-hydrogen) atoms. The van der Waals surface area contributed by atoms with E-state index in [9.17, 15) is 9.59 Å². The minimum atomic E-state index is -0.671. The number of benzene rings is 4. The first-order valence-corrected chi connectivity index (χ1v) is 15.0. The molecule has 1 heterocycles. The fourth-order valence-electron chi connectivity index (χ4n) is 6.34. The predicted octanol–water partition coefficient (Wildman–Crippen LogP) is 6.81. The molecule has 0 saturated heterocycles. The Hall–Kier alpha value is -4.65. The minimum absolute atomic E-state index is 0.00152. The predicted molar refractivity (Wildman–Crippen MR) is 171 cm³/mol. The van der Waals surface area contributed by atoms with Gasteiger partial charge in [0.25, 0.3) is 0 Å². The summed E-state index contributed by atoms with van der Waals surface area (Å²) < 4.78 is 5.35. The molecule has 2 amide bonds. The maximum Gasteiger partial charge on any atom is 0.413 e. The highest BCUT2D eigenvalue weighted by molar-refractivity contribution is 6.05. The lowest BCUT2D eigenvalue weighted by molar-refractivity contribution is -0.123. The lowest BCUT2D eigenvalue weighted by atomic mass is 9.87. The second-order valence-electron chi connectivity index (χ2n) is 12.5. The van der Waals surface area contributed by atoms with Crippen molar-refractivity contribution >= 4 is 34.3 Å². The fraction of sp³-hybridized carbons (Fsp3) is 0.306. The maximum atomic E-state index is 14.1. The Balaban J connectivity index is 1.31. The van der Waals surface area contributed by atoms with Crippen molar-refractivity contribution in [3.8, 4) is 0 Å². The fourth-order valence-corrected chi connectivity index (χ4v) is 6.34. The molecule has 7 nitrogen and oxygen atoms in total. The highest BCUT2D eigenvalue weighted by atomic mass is 16.6. The lowest BCUT2D eigenvalue weighted by Crippen LogP contribution is -2.46. The summed E-state index contributed by atoms with van der Waals surface area (Å²) in [7, 11) is 0. The van der Waals surface area contributed by atoms with Crippen LogP contribution in [0.25, 0.3) is 10.8 Å². The molecule has 0 aromatic heterocycles. The molecule has 0 fully saturated rings. The molecule has 2 aliphatic rings. The third-order valence-corrected chi connectivity index (χ3v) is 8.31. The molecule has 2 atom stereocenters. The Morgan fingerprint density at radius 2 is 1.72 bits per heavy atom. The molecule has 220 valence electrons. The van der Waals surface area contributed by atoms with Crippen molar-refractivity contribution in [1.29, 1.82) is 5.41 Å². The highest BCUT2D eigenvalue weighted by Crippen LogP contribution is 2.37. The van der Waals surface area contributed by atoms with Gasteiger partial charge in [0.1, 0.15) is 17.5 Å².